The van der Waals surface area contributed by atoms with Crippen molar-refractivity contribution >= 4 is 28.2 Å². The van der Waals surface area contributed by atoms with Gasteiger partial charge in [0, 0.05) is 29.5 Å². The summed E-state index contributed by atoms with van der Waals surface area (Å²) in [4.78, 5) is 31.0. The molecule has 0 spiro atoms. The lowest BCUT2D eigenvalue weighted by atomic mass is 9.92. The molecule has 0 saturated heterocycles. The Kier molecular flexibility index (Phi) is 8.01. The molecule has 0 aliphatic rings. The maximum Gasteiger partial charge on any atom is 0.264 e. The summed E-state index contributed by atoms with van der Waals surface area (Å²) < 4.78 is 20.5. The van der Waals surface area contributed by atoms with Crippen LogP contribution in [0.5, 0.6) is 0 Å². The number of aryl methyl sites for hydroxylation is 1. The molecule has 1 amide bonds. The molecule has 36 heavy (non-hydrogen) atoms. The first-order valence-electron chi connectivity index (χ1n) is 12.2. The zero-order chi connectivity index (χ0) is 25.8. The second-order valence-electron chi connectivity index (χ2n) is 9.32. The minimum absolute atomic E-state index is 0.0866. The van der Waals surface area contributed by atoms with E-state index in [-0.39, 0.29) is 22.8 Å². The smallest absolute Gasteiger partial charge is 0.264 e. The van der Waals surface area contributed by atoms with Crippen molar-refractivity contribution in [3.63, 3.8) is 0 Å². The Morgan fingerprint density at radius 1 is 1.11 bits per heavy atom. The van der Waals surface area contributed by atoms with Gasteiger partial charge in [0.1, 0.15) is 17.2 Å². The fourth-order valence-electron chi connectivity index (χ4n) is 4.55. The number of amides is 1. The lowest BCUT2D eigenvalue weighted by Gasteiger charge is -2.34. The Hall–Kier alpha value is -3.29. The number of nitrogens with two attached hydrogens (primary N) is 1. The zero-order valence-corrected chi connectivity index (χ0v) is 21.6. The molecule has 4 rings (SSSR count). The first kappa shape index (κ1) is 25.8. The molecule has 1 atom stereocenters. The van der Waals surface area contributed by atoms with Crippen LogP contribution in [0.3, 0.4) is 0 Å². The second kappa shape index (κ2) is 11.2. The van der Waals surface area contributed by atoms with E-state index in [9.17, 15) is 14.0 Å². The summed E-state index contributed by atoms with van der Waals surface area (Å²) in [5, 5.41) is 0.322. The van der Waals surface area contributed by atoms with Gasteiger partial charge in [-0.3, -0.25) is 9.59 Å². The van der Waals surface area contributed by atoms with Gasteiger partial charge in [0.15, 0.2) is 5.43 Å². The number of carbonyl (C=O) groups excluding carboxylic acids is 1. The largest absolute Gasteiger partial charge is 0.458 e. The molecule has 5 nitrogen and oxygen atoms in total. The van der Waals surface area contributed by atoms with E-state index < -0.39 is 11.9 Å². The quantitative estimate of drug-likeness (QED) is 0.298. The zero-order valence-electron chi connectivity index (χ0n) is 20.8. The molecule has 7 heteroatoms. The maximum atomic E-state index is 14.1. The molecule has 2 aromatic heterocycles. The third-order valence-corrected chi connectivity index (χ3v) is 7.24. The number of thiophene rings is 1. The number of benzene rings is 2. The Morgan fingerprint density at radius 2 is 1.86 bits per heavy atom. The molecule has 1 unspecified atom stereocenters. The average molecular weight is 507 g/mol. The summed E-state index contributed by atoms with van der Waals surface area (Å²) >= 11 is 1.43. The highest BCUT2D eigenvalue weighted by molar-refractivity contribution is 7.13. The molecular formula is C29H31FN2O3S. The predicted octanol–water partition coefficient (Wildman–Crippen LogP) is 6.08. The van der Waals surface area contributed by atoms with Crippen molar-refractivity contribution in [2.45, 2.75) is 39.7 Å². The van der Waals surface area contributed by atoms with E-state index in [4.69, 9.17) is 10.2 Å². The summed E-state index contributed by atoms with van der Waals surface area (Å²) in [6, 6.07) is 16.8. The summed E-state index contributed by atoms with van der Waals surface area (Å²) in [5.41, 5.74) is 7.23. The van der Waals surface area contributed by atoms with Crippen molar-refractivity contribution in [1.82, 2.24) is 4.90 Å². The van der Waals surface area contributed by atoms with Gasteiger partial charge in [0.05, 0.1) is 16.3 Å². The molecule has 2 N–H and O–H groups in total. The second-order valence-corrected chi connectivity index (χ2v) is 10.6. The van der Waals surface area contributed by atoms with E-state index in [1.54, 1.807) is 4.90 Å². The van der Waals surface area contributed by atoms with Gasteiger partial charge in [-0.1, -0.05) is 44.2 Å². The first-order valence-corrected chi connectivity index (χ1v) is 13.0. The molecule has 0 radical (unpaired) electrons. The number of hydrogen-bond donors (Lipinski definition) is 1. The maximum absolute atomic E-state index is 14.1. The third-order valence-electron chi connectivity index (χ3n) is 6.25. The van der Waals surface area contributed by atoms with Crippen molar-refractivity contribution in [3.8, 4) is 0 Å². The van der Waals surface area contributed by atoms with Gasteiger partial charge in [-0.05, 0) is 55.6 Å². The van der Waals surface area contributed by atoms with E-state index in [0.29, 0.717) is 47.5 Å². The topological polar surface area (TPSA) is 76.5 Å². The average Bonchev–Trinajstić information content (AvgIpc) is 3.29. The molecule has 188 valence electrons. The number of fused-ring (bicyclic) bond motifs is 1. The normalized spacial score (nSPS) is 12.3. The van der Waals surface area contributed by atoms with Crippen LogP contribution in [0.25, 0.3) is 11.0 Å². The SMILES string of the molecule is Cc1ccc(C(=O)N(CCCN)C(c2oc3cc(F)ccc3c(=O)c2Cc2ccccc2)C(C)C)s1. The van der Waals surface area contributed by atoms with Crippen LogP contribution in [0.4, 0.5) is 4.39 Å². The molecule has 0 fully saturated rings. The van der Waals surface area contributed by atoms with Crippen LogP contribution in [0.1, 0.15) is 57.7 Å². The summed E-state index contributed by atoms with van der Waals surface area (Å²) in [6.45, 7) is 6.78. The van der Waals surface area contributed by atoms with Crippen molar-refractivity contribution < 1.29 is 13.6 Å². The molecule has 2 aromatic carbocycles. The van der Waals surface area contributed by atoms with Crippen LogP contribution in [0, 0.1) is 18.7 Å². The highest BCUT2D eigenvalue weighted by Gasteiger charge is 2.34. The van der Waals surface area contributed by atoms with Gasteiger partial charge in [0.2, 0.25) is 0 Å². The number of rotatable bonds is 9. The Balaban J connectivity index is 1.93. The molecule has 0 aliphatic heterocycles. The van der Waals surface area contributed by atoms with Gasteiger partial charge in [-0.25, -0.2) is 4.39 Å². The minimum Gasteiger partial charge on any atom is -0.458 e. The van der Waals surface area contributed by atoms with Gasteiger partial charge in [0.25, 0.3) is 5.91 Å². The molecule has 0 bridgehead atoms. The Morgan fingerprint density at radius 3 is 2.50 bits per heavy atom. The minimum atomic E-state index is -0.537. The fourth-order valence-corrected chi connectivity index (χ4v) is 5.38. The fraction of sp³-hybridized carbons (Fsp3) is 0.310. The number of carbonyl (C=O) groups is 1. The van der Waals surface area contributed by atoms with Crippen LogP contribution in [0.2, 0.25) is 0 Å². The highest BCUT2D eigenvalue weighted by atomic mass is 32.1. The lowest BCUT2D eigenvalue weighted by Crippen LogP contribution is -2.39. The molecule has 0 saturated carbocycles. The van der Waals surface area contributed by atoms with Crippen LogP contribution in [0.15, 0.2) is 69.9 Å². The van der Waals surface area contributed by atoms with Gasteiger partial charge in [-0.15, -0.1) is 11.3 Å². The number of hydrogen-bond acceptors (Lipinski definition) is 5. The number of halogens is 1. The summed E-state index contributed by atoms with van der Waals surface area (Å²) in [5.74, 6) is -0.307. The molecule has 2 heterocycles. The van der Waals surface area contributed by atoms with Crippen molar-refractivity contribution in [1.29, 1.82) is 0 Å². The third kappa shape index (κ3) is 5.42. The van der Waals surface area contributed by atoms with Crippen LogP contribution < -0.4 is 11.2 Å². The lowest BCUT2D eigenvalue weighted by molar-refractivity contribution is 0.0592. The van der Waals surface area contributed by atoms with Crippen LogP contribution in [-0.2, 0) is 6.42 Å². The van der Waals surface area contributed by atoms with E-state index in [1.165, 1.54) is 29.5 Å². The van der Waals surface area contributed by atoms with Crippen molar-refractivity contribution in [2.75, 3.05) is 13.1 Å². The van der Waals surface area contributed by atoms with Gasteiger partial charge in [-0.2, -0.15) is 0 Å². The molecule has 0 aliphatic carbocycles. The van der Waals surface area contributed by atoms with E-state index in [1.807, 2.05) is 63.2 Å². The number of nitrogens with zero attached hydrogens (tertiary/aromatic N) is 1. The molecular weight excluding hydrogens is 475 g/mol. The summed E-state index contributed by atoms with van der Waals surface area (Å²) in [7, 11) is 0. The van der Waals surface area contributed by atoms with Crippen molar-refractivity contribution in [2.24, 2.45) is 11.7 Å². The Bertz CT molecular complexity index is 1410. The summed E-state index contributed by atoms with van der Waals surface area (Å²) in [6.07, 6.45) is 0.936. The highest BCUT2D eigenvalue weighted by Crippen LogP contribution is 2.35. The molecule has 4 aromatic rings. The van der Waals surface area contributed by atoms with E-state index in [2.05, 4.69) is 0 Å². The monoisotopic (exact) mass is 506 g/mol. The first-order chi connectivity index (χ1) is 17.3. The van der Waals surface area contributed by atoms with Crippen molar-refractivity contribution in [3.05, 3.63) is 103 Å². The van der Waals surface area contributed by atoms with E-state index in [0.717, 1.165) is 10.4 Å². The van der Waals surface area contributed by atoms with Crippen LogP contribution >= 0.6 is 11.3 Å². The Labute approximate surface area is 214 Å². The predicted molar refractivity (Wildman–Crippen MR) is 143 cm³/mol. The van der Waals surface area contributed by atoms with Crippen LogP contribution in [-0.4, -0.2) is 23.9 Å². The van der Waals surface area contributed by atoms with E-state index >= 15 is 0 Å². The van der Waals surface area contributed by atoms with Gasteiger partial charge >= 0.3 is 0 Å². The van der Waals surface area contributed by atoms with Gasteiger partial charge < -0.3 is 15.1 Å². The standard InChI is InChI=1S/C29H31FN2O3S/c1-18(2)26(32(15-7-14-31)29(34)25-13-10-19(3)36-25)28-23(16-20-8-5-4-6-9-20)27(33)22-12-11-21(30)17-24(22)35-28/h4-6,8-13,17-18,26H,7,14-16,31H2,1-3H3.